The summed E-state index contributed by atoms with van der Waals surface area (Å²) in [4.78, 5) is 102. The SMILES string of the molecule is C=CCOC(=O)Nc1cccc(C)c1.CCCOC(=O)Nc1cccc(C)c1.COCCOC(=O)Nc1cccc(C)c1.Cc1cccc(NC(=O)OCC(C)C)c1.Cc1cccc(NC(=O)OCCCCl)c1.Cc1cccc(NC(=O)OCCF)c1.Cc1cccc(NC(=O)OCc2ccccc2)c1.Cc1cccc(NC(=O)Oc2ccc(Br)cc2)c1.Cc1cccc(NC(=O)Oc2ccc(Cl)cc2)c1. The van der Waals surface area contributed by atoms with Crippen molar-refractivity contribution in [3.63, 3.8) is 0 Å². The Morgan fingerprint density at radius 3 is 0.901 bits per heavy atom. The Morgan fingerprint density at radius 2 is 0.617 bits per heavy atom. The average molecular weight is 2040 g/mol. The standard InChI is InChI=1S/C15H15NO2.C14H12BrNO2.C14H12ClNO2.C12H17NO2.C11H14ClNO2.C11H15NO3.C11H15NO2.C11H13NO2.C10H12FNO2/c1-12-6-5-9-14(10-12)16-15(17)18-11-13-7-3-2-4-8-13;2*1-10-3-2-4-12(9-10)16-14(17)18-13-7-5-11(15)6-8-13;1-9(2)8-15-12(14)13-11-6-4-5-10(3)7-11;1-9-4-2-5-10(8-9)13-11(14)15-7-3-6-12;1-9-4-3-5-10(8-9)12-11(13)15-7-6-14-2;2*1-3-7-14-11(13)12-10-6-4-5-9(2)8-10;1-8-3-2-4-9(7-8)12-10(13)14-6-5-11/h2-10H,11H2,1H3,(H,16,17);2*2-9H,1H3,(H,16,17);4-7,9H,8H2,1-3H3,(H,13,14);2,4-5,8H,3,6-7H2,1H3,(H,13,14);3-5,8H,6-7H2,1-2H3,(H,12,13);4-6,8H,3,7H2,1-2H3,(H,12,13);3-6,8H,1,7H2,2H3,(H,12,13);2-4,7H,5-6H2,1H3,(H,12,13). The number of amides is 9. The molecule has 9 N–H and O–H groups in total. The molecule has 0 unspecified atom stereocenters. The van der Waals surface area contributed by atoms with Gasteiger partial charge in [0.25, 0.3) is 0 Å². The molecule has 748 valence electrons. The number of methoxy groups -OCH3 is 1. The van der Waals surface area contributed by atoms with E-state index in [4.69, 9.17) is 65.8 Å². The number of hydrogen-bond donors (Lipinski definition) is 9. The van der Waals surface area contributed by atoms with Crippen molar-refractivity contribution >= 4 is 145 Å². The predicted molar refractivity (Wildman–Crippen MR) is 564 cm³/mol. The summed E-state index contributed by atoms with van der Waals surface area (Å²) in [6.45, 7) is 28.6. The van der Waals surface area contributed by atoms with Gasteiger partial charge in [-0.05, 0) is 294 Å². The summed E-state index contributed by atoms with van der Waals surface area (Å²) in [6.07, 6.45) is -1.21. The highest BCUT2D eigenvalue weighted by Crippen LogP contribution is 2.22. The van der Waals surface area contributed by atoms with Gasteiger partial charge in [0.15, 0.2) is 0 Å². The van der Waals surface area contributed by atoms with E-state index in [1.165, 1.54) is 6.08 Å². The van der Waals surface area contributed by atoms with E-state index in [2.05, 4.69) is 75.1 Å². The third kappa shape index (κ3) is 58.8. The number of carbonyl (C=O) groups is 9. The van der Waals surface area contributed by atoms with Crippen LogP contribution in [0.1, 0.15) is 89.2 Å². The Bertz CT molecular complexity index is 5540. The molecule has 0 heterocycles. The van der Waals surface area contributed by atoms with Gasteiger partial charge in [0.05, 0.1) is 26.4 Å². The zero-order valence-electron chi connectivity index (χ0n) is 81.4. The number of alkyl halides is 2. The summed E-state index contributed by atoms with van der Waals surface area (Å²) in [5.74, 6) is 1.80. The Hall–Kier alpha value is -15.2. The maximum absolute atomic E-state index is 11.7. The van der Waals surface area contributed by atoms with Crippen LogP contribution in [0, 0.1) is 68.2 Å². The molecule has 0 aliphatic carbocycles. The van der Waals surface area contributed by atoms with Crippen molar-refractivity contribution < 1.29 is 94.9 Å². The average Bonchev–Trinajstić information content (AvgIpc) is 0.601. The second-order valence-electron chi connectivity index (χ2n) is 30.8. The topological polar surface area (TPSA) is 354 Å². The fraction of sp³-hybridized carbons (Fsp3) is 0.239. The van der Waals surface area contributed by atoms with E-state index < -0.39 is 61.5 Å². The number of ether oxygens (including phenoxy) is 10. The molecule has 0 aromatic heterocycles. The lowest BCUT2D eigenvalue weighted by molar-refractivity contribution is 0.107. The third-order valence-electron chi connectivity index (χ3n) is 17.3. The molecule has 12 rings (SSSR count). The van der Waals surface area contributed by atoms with Crippen LogP contribution in [0.25, 0.3) is 0 Å². The van der Waals surface area contributed by atoms with Gasteiger partial charge < -0.3 is 47.4 Å². The van der Waals surface area contributed by atoms with Crippen LogP contribution in [-0.2, 0) is 44.5 Å². The van der Waals surface area contributed by atoms with Gasteiger partial charge in [-0.15, -0.1) is 11.6 Å². The van der Waals surface area contributed by atoms with Gasteiger partial charge in [0.2, 0.25) is 0 Å². The first-order valence-corrected chi connectivity index (χ1v) is 46.3. The minimum Gasteiger partial charge on any atom is -0.449 e. The smallest absolute Gasteiger partial charge is 0.417 e. The summed E-state index contributed by atoms with van der Waals surface area (Å²) in [5, 5.41) is 24.3. The molecule has 0 radical (unpaired) electrons. The van der Waals surface area contributed by atoms with Crippen molar-refractivity contribution in [2.24, 2.45) is 5.92 Å². The monoisotopic (exact) mass is 2030 g/mol. The second kappa shape index (κ2) is 70.4. The first-order valence-electron chi connectivity index (χ1n) is 44.6. The Morgan fingerprint density at radius 1 is 0.340 bits per heavy atom. The van der Waals surface area contributed by atoms with Gasteiger partial charge in [-0.25, -0.2) is 47.5 Å². The largest absolute Gasteiger partial charge is 0.449 e. The van der Waals surface area contributed by atoms with Crippen LogP contribution in [0.15, 0.2) is 314 Å². The highest BCUT2D eigenvalue weighted by Gasteiger charge is 2.13. The molecule has 0 atom stereocenters. The molecule has 0 fully saturated rings. The Balaban J connectivity index is 0.000000332. The lowest BCUT2D eigenvalue weighted by Crippen LogP contribution is -2.16. The molecule has 12 aromatic rings. The molecule has 0 saturated heterocycles. The minimum atomic E-state index is -0.665. The van der Waals surface area contributed by atoms with Gasteiger partial charge in [0, 0.05) is 73.7 Å². The van der Waals surface area contributed by atoms with Gasteiger partial charge in [-0.2, -0.15) is 0 Å². The van der Waals surface area contributed by atoms with E-state index in [1.807, 2.05) is 326 Å². The first kappa shape index (κ1) is 118. The van der Waals surface area contributed by atoms with Crippen LogP contribution in [-0.4, -0.2) is 121 Å². The van der Waals surface area contributed by atoms with E-state index in [-0.39, 0.29) is 26.4 Å². The normalized spacial score (nSPS) is 9.74. The number of hydrogen-bond acceptors (Lipinski definition) is 19. The fourth-order valence-corrected chi connectivity index (χ4v) is 11.5. The zero-order valence-corrected chi connectivity index (χ0v) is 84.5. The minimum absolute atomic E-state index is 0.211. The summed E-state index contributed by atoms with van der Waals surface area (Å²) in [5.41, 5.74) is 17.3. The molecule has 12 aromatic carbocycles. The van der Waals surface area contributed by atoms with E-state index in [1.54, 1.807) is 61.7 Å². The molecule has 32 heteroatoms. The number of aryl methyl sites for hydroxylation is 9. The number of benzene rings is 12. The van der Waals surface area contributed by atoms with Crippen molar-refractivity contribution in [1.82, 2.24) is 0 Å². The molecule has 0 aliphatic rings. The molecule has 0 saturated carbocycles. The third-order valence-corrected chi connectivity index (χ3v) is 18.3. The van der Waals surface area contributed by atoms with Crippen molar-refractivity contribution in [3.8, 4) is 11.5 Å². The van der Waals surface area contributed by atoms with Crippen LogP contribution >= 0.6 is 39.1 Å². The molecule has 141 heavy (non-hydrogen) atoms. The summed E-state index contributed by atoms with van der Waals surface area (Å²) >= 11 is 14.5. The van der Waals surface area contributed by atoms with E-state index in [9.17, 15) is 47.5 Å². The molecular formula is C109H125BrCl2FN9O19. The van der Waals surface area contributed by atoms with Crippen molar-refractivity contribution in [3.05, 3.63) is 375 Å². The maximum Gasteiger partial charge on any atom is 0.417 e. The van der Waals surface area contributed by atoms with E-state index in [0.717, 1.165) is 106 Å². The van der Waals surface area contributed by atoms with Gasteiger partial charge >= 0.3 is 54.8 Å². The van der Waals surface area contributed by atoms with Crippen LogP contribution in [0.2, 0.25) is 5.02 Å². The Kier molecular flexibility index (Phi) is 58.9. The van der Waals surface area contributed by atoms with Crippen molar-refractivity contribution in [2.45, 2.75) is 103 Å². The zero-order chi connectivity index (χ0) is 103. The lowest BCUT2D eigenvalue weighted by Gasteiger charge is -2.08. The first-order chi connectivity index (χ1) is 67.7. The molecule has 28 nitrogen and oxygen atoms in total. The highest BCUT2D eigenvalue weighted by atomic mass is 79.9. The predicted octanol–water partition coefficient (Wildman–Crippen LogP) is 29.1. The summed E-state index contributed by atoms with van der Waals surface area (Å²) < 4.78 is 61.6. The maximum atomic E-state index is 11.7. The summed E-state index contributed by atoms with van der Waals surface area (Å²) in [7, 11) is 1.56. The number of halogens is 4. The lowest BCUT2D eigenvalue weighted by atomic mass is 10.2. The second-order valence-corrected chi connectivity index (χ2v) is 32.6. The molecule has 9 amide bonds. The van der Waals surface area contributed by atoms with Crippen LogP contribution in [0.3, 0.4) is 0 Å². The highest BCUT2D eigenvalue weighted by molar-refractivity contribution is 9.10. The van der Waals surface area contributed by atoms with Crippen LogP contribution in [0.5, 0.6) is 11.5 Å². The molecular weight excluding hydrogens is 1910 g/mol. The number of rotatable bonds is 27. The van der Waals surface area contributed by atoms with Gasteiger partial charge in [0.1, 0.15) is 44.6 Å². The van der Waals surface area contributed by atoms with Crippen molar-refractivity contribution in [2.75, 3.05) is 114 Å². The van der Waals surface area contributed by atoms with Crippen LogP contribution < -0.4 is 57.3 Å². The quantitative estimate of drug-likeness (QED) is 0.00999. The summed E-state index contributed by atoms with van der Waals surface area (Å²) in [6, 6.07) is 90.9. The number of nitrogens with one attached hydrogen (secondary N) is 9. The van der Waals surface area contributed by atoms with Gasteiger partial charge in [-0.1, -0.05) is 200 Å². The van der Waals surface area contributed by atoms with Gasteiger partial charge in [-0.3, -0.25) is 47.9 Å². The molecule has 0 spiro atoms. The Labute approximate surface area is 843 Å². The van der Waals surface area contributed by atoms with E-state index in [0.29, 0.717) is 72.5 Å². The van der Waals surface area contributed by atoms with Crippen molar-refractivity contribution in [1.29, 1.82) is 0 Å². The fourth-order valence-electron chi connectivity index (χ4n) is 11.0. The molecule has 0 aliphatic heterocycles. The van der Waals surface area contributed by atoms with Crippen LogP contribution in [0.4, 0.5) is 98.7 Å². The van der Waals surface area contributed by atoms with E-state index >= 15 is 0 Å². The molecule has 0 bridgehead atoms. The number of anilines is 9. The number of carbonyl (C=O) groups excluding carboxylic acids is 9.